The molecular weight excluding hydrogens is 352 g/mol. The number of carbonyl (C=O) groups is 1. The topological polar surface area (TPSA) is 58.9 Å². The fourth-order valence-corrected chi connectivity index (χ4v) is 3.77. The fraction of sp³-hybridized carbons (Fsp3) is 0.364. The van der Waals surface area contributed by atoms with Crippen LogP contribution in [-0.4, -0.2) is 46.3 Å². The number of rotatable bonds is 4. The average molecular weight is 378 g/mol. The SMILES string of the molecule is CCNC(=O)N1CCC(Oc2ccc(-c3ccc4ccnn4c3C)cc2)CC1. The molecule has 1 aliphatic heterocycles. The number of hydrogen-bond donors (Lipinski definition) is 1. The van der Waals surface area contributed by atoms with E-state index in [1.807, 2.05) is 40.7 Å². The van der Waals surface area contributed by atoms with Gasteiger partial charge in [-0.3, -0.25) is 0 Å². The first kappa shape index (κ1) is 18.3. The Morgan fingerprint density at radius 3 is 2.61 bits per heavy atom. The summed E-state index contributed by atoms with van der Waals surface area (Å²) in [5.41, 5.74) is 4.53. The van der Waals surface area contributed by atoms with Crippen molar-refractivity contribution in [2.45, 2.75) is 32.8 Å². The van der Waals surface area contributed by atoms with Gasteiger partial charge in [-0.1, -0.05) is 18.2 Å². The van der Waals surface area contributed by atoms with Crippen molar-refractivity contribution in [2.75, 3.05) is 19.6 Å². The van der Waals surface area contributed by atoms with Gasteiger partial charge in [-0.25, -0.2) is 9.31 Å². The maximum atomic E-state index is 11.9. The number of aryl methyl sites for hydroxylation is 1. The smallest absolute Gasteiger partial charge is 0.317 e. The summed E-state index contributed by atoms with van der Waals surface area (Å²) in [5.74, 6) is 0.873. The number of piperidine rings is 1. The second-order valence-electron chi connectivity index (χ2n) is 7.16. The zero-order chi connectivity index (χ0) is 19.5. The van der Waals surface area contributed by atoms with Gasteiger partial charge in [0.15, 0.2) is 0 Å². The summed E-state index contributed by atoms with van der Waals surface area (Å²) >= 11 is 0. The second kappa shape index (κ2) is 7.92. The molecular formula is C22H26N4O2. The number of aromatic nitrogens is 2. The lowest BCUT2D eigenvalue weighted by atomic mass is 10.0. The molecule has 0 atom stereocenters. The van der Waals surface area contributed by atoms with E-state index in [-0.39, 0.29) is 12.1 Å². The van der Waals surface area contributed by atoms with Crippen LogP contribution in [0.3, 0.4) is 0 Å². The van der Waals surface area contributed by atoms with Gasteiger partial charge >= 0.3 is 6.03 Å². The van der Waals surface area contributed by atoms with Crippen LogP contribution in [0.4, 0.5) is 4.79 Å². The number of hydrogen-bond acceptors (Lipinski definition) is 3. The number of likely N-dealkylation sites (tertiary alicyclic amines) is 1. The predicted molar refractivity (Wildman–Crippen MR) is 110 cm³/mol. The second-order valence-corrected chi connectivity index (χ2v) is 7.16. The van der Waals surface area contributed by atoms with Gasteiger partial charge in [-0.2, -0.15) is 5.10 Å². The highest BCUT2D eigenvalue weighted by atomic mass is 16.5. The minimum atomic E-state index is 0.0230. The number of nitrogens with zero attached hydrogens (tertiary/aromatic N) is 3. The number of fused-ring (bicyclic) bond motifs is 1. The van der Waals surface area contributed by atoms with Gasteiger partial charge in [0.1, 0.15) is 11.9 Å². The van der Waals surface area contributed by atoms with E-state index < -0.39 is 0 Å². The standard InChI is InChI=1S/C22H26N4O2/c1-3-23-22(27)25-14-11-20(12-15-25)28-19-7-4-17(5-8-19)21-9-6-18-10-13-24-26(18)16(21)2/h4-10,13,20H,3,11-12,14-15H2,1-2H3,(H,23,27). The Morgan fingerprint density at radius 1 is 1.14 bits per heavy atom. The lowest BCUT2D eigenvalue weighted by molar-refractivity contribution is 0.111. The van der Waals surface area contributed by atoms with E-state index in [4.69, 9.17) is 4.74 Å². The van der Waals surface area contributed by atoms with Crippen molar-refractivity contribution in [3.8, 4) is 16.9 Å². The zero-order valence-electron chi connectivity index (χ0n) is 16.4. The van der Waals surface area contributed by atoms with Crippen molar-refractivity contribution < 1.29 is 9.53 Å². The third-order valence-corrected chi connectivity index (χ3v) is 5.33. The van der Waals surface area contributed by atoms with Crippen LogP contribution in [0.5, 0.6) is 5.75 Å². The summed E-state index contributed by atoms with van der Waals surface area (Å²) in [5, 5.41) is 7.24. The molecule has 6 nitrogen and oxygen atoms in total. The van der Waals surface area contributed by atoms with Crippen LogP contribution in [0.15, 0.2) is 48.7 Å². The maximum absolute atomic E-state index is 11.9. The summed E-state index contributed by atoms with van der Waals surface area (Å²) in [6.45, 7) is 6.15. The quantitative estimate of drug-likeness (QED) is 0.749. The van der Waals surface area contributed by atoms with E-state index in [0.29, 0.717) is 6.54 Å². The summed E-state index contributed by atoms with van der Waals surface area (Å²) < 4.78 is 8.11. The largest absolute Gasteiger partial charge is 0.490 e. The van der Waals surface area contributed by atoms with Gasteiger partial charge in [-0.05, 0) is 43.7 Å². The number of benzene rings is 1. The molecule has 0 spiro atoms. The van der Waals surface area contributed by atoms with E-state index in [0.717, 1.165) is 54.0 Å². The molecule has 1 fully saturated rings. The average Bonchev–Trinajstić information content (AvgIpc) is 3.20. The van der Waals surface area contributed by atoms with Gasteiger partial charge in [0.2, 0.25) is 0 Å². The third kappa shape index (κ3) is 3.67. The van der Waals surface area contributed by atoms with Crippen molar-refractivity contribution in [2.24, 2.45) is 0 Å². The summed E-state index contributed by atoms with van der Waals surface area (Å²) in [7, 11) is 0. The van der Waals surface area contributed by atoms with E-state index >= 15 is 0 Å². The van der Waals surface area contributed by atoms with E-state index in [9.17, 15) is 4.79 Å². The normalized spacial score (nSPS) is 15.0. The lowest BCUT2D eigenvalue weighted by Crippen LogP contribution is -2.46. The van der Waals surface area contributed by atoms with Crippen LogP contribution < -0.4 is 10.1 Å². The molecule has 0 unspecified atom stereocenters. The van der Waals surface area contributed by atoms with Gasteiger partial charge in [0, 0.05) is 49.9 Å². The predicted octanol–water partition coefficient (Wildman–Crippen LogP) is 3.88. The molecule has 1 aromatic carbocycles. The zero-order valence-corrected chi connectivity index (χ0v) is 16.4. The lowest BCUT2D eigenvalue weighted by Gasteiger charge is -2.32. The Kier molecular flexibility index (Phi) is 5.19. The van der Waals surface area contributed by atoms with Crippen LogP contribution in [0.2, 0.25) is 0 Å². The number of pyridine rings is 1. The molecule has 1 N–H and O–H groups in total. The molecule has 1 aliphatic rings. The molecule has 146 valence electrons. The molecule has 0 saturated carbocycles. The highest BCUT2D eigenvalue weighted by molar-refractivity contribution is 5.74. The molecule has 0 radical (unpaired) electrons. The van der Waals surface area contributed by atoms with Crippen LogP contribution in [0.1, 0.15) is 25.5 Å². The Bertz CT molecular complexity index is 956. The molecule has 4 rings (SSSR count). The van der Waals surface area contributed by atoms with Crippen molar-refractivity contribution in [1.82, 2.24) is 19.8 Å². The minimum Gasteiger partial charge on any atom is -0.490 e. The molecule has 3 aromatic rings. The van der Waals surface area contributed by atoms with E-state index in [2.05, 4.69) is 41.6 Å². The van der Waals surface area contributed by atoms with Crippen molar-refractivity contribution in [3.05, 3.63) is 54.4 Å². The fourth-order valence-electron chi connectivity index (χ4n) is 3.77. The summed E-state index contributed by atoms with van der Waals surface area (Å²) in [4.78, 5) is 13.8. The molecule has 6 heteroatoms. The number of amides is 2. The molecule has 3 heterocycles. The molecule has 2 amide bonds. The van der Waals surface area contributed by atoms with Crippen LogP contribution in [0, 0.1) is 6.92 Å². The van der Waals surface area contributed by atoms with Crippen molar-refractivity contribution in [1.29, 1.82) is 0 Å². The number of nitrogens with one attached hydrogen (secondary N) is 1. The van der Waals surface area contributed by atoms with Gasteiger partial charge in [0.25, 0.3) is 0 Å². The van der Waals surface area contributed by atoms with Crippen molar-refractivity contribution in [3.63, 3.8) is 0 Å². The van der Waals surface area contributed by atoms with Crippen LogP contribution >= 0.6 is 0 Å². The monoisotopic (exact) mass is 378 g/mol. The Morgan fingerprint density at radius 2 is 1.89 bits per heavy atom. The number of ether oxygens (including phenoxy) is 1. The molecule has 0 bridgehead atoms. The molecule has 2 aromatic heterocycles. The third-order valence-electron chi connectivity index (χ3n) is 5.33. The van der Waals surface area contributed by atoms with E-state index in [1.54, 1.807) is 0 Å². The van der Waals surface area contributed by atoms with Crippen molar-refractivity contribution >= 4 is 11.5 Å². The Labute approximate surface area is 165 Å². The summed E-state index contributed by atoms with van der Waals surface area (Å²) in [6.07, 6.45) is 3.68. The first-order valence-electron chi connectivity index (χ1n) is 9.89. The maximum Gasteiger partial charge on any atom is 0.317 e. The van der Waals surface area contributed by atoms with Crippen LogP contribution in [-0.2, 0) is 0 Å². The first-order chi connectivity index (χ1) is 13.7. The summed E-state index contributed by atoms with van der Waals surface area (Å²) in [6, 6.07) is 14.5. The molecule has 1 saturated heterocycles. The Balaban J connectivity index is 1.40. The molecule has 0 aliphatic carbocycles. The first-order valence-corrected chi connectivity index (χ1v) is 9.89. The van der Waals surface area contributed by atoms with E-state index in [1.165, 1.54) is 0 Å². The molecule has 28 heavy (non-hydrogen) atoms. The van der Waals surface area contributed by atoms with Gasteiger partial charge in [0.05, 0.1) is 5.52 Å². The highest BCUT2D eigenvalue weighted by Gasteiger charge is 2.23. The van der Waals surface area contributed by atoms with Gasteiger partial charge < -0.3 is 15.0 Å². The minimum absolute atomic E-state index is 0.0230. The number of urea groups is 1. The van der Waals surface area contributed by atoms with Gasteiger partial charge in [-0.15, -0.1) is 0 Å². The highest BCUT2D eigenvalue weighted by Crippen LogP contribution is 2.27. The van der Waals surface area contributed by atoms with Crippen LogP contribution in [0.25, 0.3) is 16.6 Å². The Hall–Kier alpha value is -3.02. The number of carbonyl (C=O) groups excluding carboxylic acids is 1.